The highest BCUT2D eigenvalue weighted by molar-refractivity contribution is 7.87. The third-order valence-electron chi connectivity index (χ3n) is 4.77. The third-order valence-corrected chi connectivity index (χ3v) is 6.80. The molecule has 4 aromatic rings. The number of pyridine rings is 1. The van der Waals surface area contributed by atoms with Crippen LogP contribution in [0.1, 0.15) is 11.1 Å². The van der Waals surface area contributed by atoms with Crippen LogP contribution in [0.3, 0.4) is 0 Å². The molecule has 4 rings (SSSR count). The number of methoxy groups -OCH3 is 1. The van der Waals surface area contributed by atoms with Gasteiger partial charge in [0.25, 0.3) is 0 Å². The summed E-state index contributed by atoms with van der Waals surface area (Å²) in [6.45, 7) is 3.73. The number of nitrogens with one attached hydrogen (secondary N) is 1. The van der Waals surface area contributed by atoms with Crippen molar-refractivity contribution >= 4 is 32.3 Å². The Bertz CT molecular complexity index is 1350. The van der Waals surface area contributed by atoms with Crippen LogP contribution in [0.15, 0.2) is 71.1 Å². The van der Waals surface area contributed by atoms with Gasteiger partial charge in [0.1, 0.15) is 22.1 Å². The van der Waals surface area contributed by atoms with Gasteiger partial charge in [-0.15, -0.1) is 11.3 Å². The molecule has 0 amide bonds. The summed E-state index contributed by atoms with van der Waals surface area (Å²) >= 11 is 1.43. The fourth-order valence-electron chi connectivity index (χ4n) is 3.00. The van der Waals surface area contributed by atoms with Crippen molar-refractivity contribution in [3.63, 3.8) is 0 Å². The van der Waals surface area contributed by atoms with Crippen molar-refractivity contribution in [3.05, 3.63) is 77.3 Å². The van der Waals surface area contributed by atoms with Crippen molar-refractivity contribution in [3.8, 4) is 22.9 Å². The Balaban J connectivity index is 1.55. The lowest BCUT2D eigenvalue weighted by atomic mass is 10.1. The van der Waals surface area contributed by atoms with E-state index in [1.54, 1.807) is 42.6 Å². The van der Waals surface area contributed by atoms with E-state index in [0.29, 0.717) is 10.8 Å². The Morgan fingerprint density at radius 1 is 0.969 bits per heavy atom. The summed E-state index contributed by atoms with van der Waals surface area (Å²) in [4.78, 5) is 8.82. The van der Waals surface area contributed by atoms with E-state index in [9.17, 15) is 8.42 Å². The Hall–Kier alpha value is -3.43. The average molecular weight is 468 g/mol. The minimum atomic E-state index is -4.09. The molecule has 2 aromatic heterocycles. The van der Waals surface area contributed by atoms with E-state index in [1.165, 1.54) is 18.4 Å². The van der Waals surface area contributed by atoms with Crippen molar-refractivity contribution in [1.29, 1.82) is 0 Å². The van der Waals surface area contributed by atoms with Crippen LogP contribution >= 0.6 is 11.3 Å². The van der Waals surface area contributed by atoms with Gasteiger partial charge in [-0.2, -0.15) is 8.42 Å². The first-order chi connectivity index (χ1) is 15.4. The lowest BCUT2D eigenvalue weighted by Crippen LogP contribution is -2.12. The summed E-state index contributed by atoms with van der Waals surface area (Å²) in [5, 5.41) is 5.74. The first-order valence-electron chi connectivity index (χ1n) is 9.69. The second-order valence-electron chi connectivity index (χ2n) is 7.03. The van der Waals surface area contributed by atoms with Gasteiger partial charge in [-0.25, -0.2) is 4.98 Å². The van der Waals surface area contributed by atoms with Gasteiger partial charge in [0.05, 0.1) is 12.8 Å². The van der Waals surface area contributed by atoms with Gasteiger partial charge >= 0.3 is 10.1 Å². The molecule has 0 spiro atoms. The zero-order valence-corrected chi connectivity index (χ0v) is 19.3. The molecule has 0 bridgehead atoms. The Kier molecular flexibility index (Phi) is 6.11. The lowest BCUT2D eigenvalue weighted by Gasteiger charge is -2.13. The van der Waals surface area contributed by atoms with Gasteiger partial charge in [0.15, 0.2) is 5.13 Å². The molecule has 2 aromatic carbocycles. The number of thiazole rings is 1. The fraction of sp³-hybridized carbons (Fsp3) is 0.130. The lowest BCUT2D eigenvalue weighted by molar-refractivity contribution is 0.397. The predicted octanol–water partition coefficient (Wildman–Crippen LogP) is 5.34. The first kappa shape index (κ1) is 21.8. The molecule has 0 aliphatic rings. The molecule has 0 aliphatic heterocycles. The maximum atomic E-state index is 12.9. The molecule has 0 unspecified atom stereocenters. The number of anilines is 2. The number of hydrogen-bond acceptors (Lipinski definition) is 8. The van der Waals surface area contributed by atoms with Crippen LogP contribution in [0.2, 0.25) is 0 Å². The van der Waals surface area contributed by atoms with Crippen LogP contribution < -0.4 is 14.2 Å². The van der Waals surface area contributed by atoms with E-state index >= 15 is 0 Å². The zero-order valence-electron chi connectivity index (χ0n) is 17.7. The van der Waals surface area contributed by atoms with Crippen molar-refractivity contribution < 1.29 is 17.3 Å². The van der Waals surface area contributed by atoms with Crippen LogP contribution in [-0.2, 0) is 10.1 Å². The SMILES string of the molecule is COc1cc(C)c(C)cc1S(=O)(=O)Oc1cccc(Nc2nc(-c3ccccn3)cs2)c1. The zero-order chi connectivity index (χ0) is 22.7. The van der Waals surface area contributed by atoms with E-state index in [2.05, 4.69) is 15.3 Å². The van der Waals surface area contributed by atoms with E-state index in [1.807, 2.05) is 37.4 Å². The van der Waals surface area contributed by atoms with Crippen LogP contribution in [-0.4, -0.2) is 25.5 Å². The van der Waals surface area contributed by atoms with Crippen LogP contribution in [0, 0.1) is 13.8 Å². The summed E-state index contributed by atoms with van der Waals surface area (Å²) in [5.41, 5.74) is 3.94. The summed E-state index contributed by atoms with van der Waals surface area (Å²) in [5.74, 6) is 0.420. The van der Waals surface area contributed by atoms with Crippen molar-refractivity contribution in [1.82, 2.24) is 9.97 Å². The molecule has 0 saturated heterocycles. The predicted molar refractivity (Wildman–Crippen MR) is 125 cm³/mol. The maximum Gasteiger partial charge on any atom is 0.342 e. The largest absolute Gasteiger partial charge is 0.495 e. The van der Waals surface area contributed by atoms with Gasteiger partial charge in [0.2, 0.25) is 0 Å². The highest BCUT2D eigenvalue weighted by Gasteiger charge is 2.23. The number of benzene rings is 2. The molecule has 0 atom stereocenters. The molecule has 32 heavy (non-hydrogen) atoms. The molecule has 0 fully saturated rings. The Labute approximate surface area is 190 Å². The number of nitrogens with zero attached hydrogens (tertiary/aromatic N) is 2. The van der Waals surface area contributed by atoms with Gasteiger partial charge in [0, 0.05) is 23.3 Å². The summed E-state index contributed by atoms with van der Waals surface area (Å²) < 4.78 is 36.5. The Morgan fingerprint density at radius 2 is 1.78 bits per heavy atom. The summed E-state index contributed by atoms with van der Waals surface area (Å²) in [7, 11) is -2.66. The van der Waals surface area contributed by atoms with Gasteiger partial charge in [-0.1, -0.05) is 12.1 Å². The number of aromatic nitrogens is 2. The van der Waals surface area contributed by atoms with E-state index in [4.69, 9.17) is 8.92 Å². The van der Waals surface area contributed by atoms with Crippen LogP contribution in [0.25, 0.3) is 11.4 Å². The second kappa shape index (κ2) is 8.97. The standard InChI is InChI=1S/C23H21N3O4S2/c1-15-11-21(29-3)22(12-16(15)2)32(27,28)30-18-8-6-7-17(13-18)25-23-26-20(14-31-23)19-9-4-5-10-24-19/h4-14H,1-3H3,(H,25,26). The molecule has 1 N–H and O–H groups in total. The molecule has 164 valence electrons. The highest BCUT2D eigenvalue weighted by atomic mass is 32.2. The van der Waals surface area contributed by atoms with Gasteiger partial charge in [-0.05, 0) is 61.4 Å². The molecule has 9 heteroatoms. The smallest absolute Gasteiger partial charge is 0.342 e. The topological polar surface area (TPSA) is 90.4 Å². The van der Waals surface area contributed by atoms with Crippen LogP contribution in [0.4, 0.5) is 10.8 Å². The van der Waals surface area contributed by atoms with E-state index in [-0.39, 0.29) is 16.4 Å². The summed E-state index contributed by atoms with van der Waals surface area (Å²) in [6.07, 6.45) is 1.72. The fourth-order valence-corrected chi connectivity index (χ4v) is 4.88. The quantitative estimate of drug-likeness (QED) is 0.367. The summed E-state index contributed by atoms with van der Waals surface area (Å²) in [6, 6.07) is 15.6. The van der Waals surface area contributed by atoms with Crippen LogP contribution in [0.5, 0.6) is 11.5 Å². The molecular formula is C23H21N3O4S2. The van der Waals surface area contributed by atoms with Gasteiger partial charge in [-0.3, -0.25) is 4.98 Å². The molecular weight excluding hydrogens is 446 g/mol. The van der Waals surface area contributed by atoms with E-state index in [0.717, 1.165) is 22.5 Å². The van der Waals surface area contributed by atoms with Crippen molar-refractivity contribution in [2.75, 3.05) is 12.4 Å². The molecule has 0 radical (unpaired) electrons. The number of aryl methyl sites for hydroxylation is 2. The van der Waals surface area contributed by atoms with Crippen molar-refractivity contribution in [2.24, 2.45) is 0 Å². The minimum absolute atomic E-state index is 0.0126. The normalized spacial score (nSPS) is 11.2. The van der Waals surface area contributed by atoms with Gasteiger partial charge < -0.3 is 14.2 Å². The third kappa shape index (κ3) is 4.74. The monoisotopic (exact) mass is 467 g/mol. The number of ether oxygens (including phenoxy) is 1. The minimum Gasteiger partial charge on any atom is -0.495 e. The first-order valence-corrected chi connectivity index (χ1v) is 12.0. The second-order valence-corrected chi connectivity index (χ2v) is 9.40. The van der Waals surface area contributed by atoms with Crippen molar-refractivity contribution in [2.45, 2.75) is 18.7 Å². The maximum absolute atomic E-state index is 12.9. The Morgan fingerprint density at radius 3 is 2.53 bits per heavy atom. The molecule has 0 saturated carbocycles. The average Bonchev–Trinajstić information content (AvgIpc) is 3.24. The number of hydrogen-bond donors (Lipinski definition) is 1. The number of rotatable bonds is 7. The molecule has 2 heterocycles. The molecule has 0 aliphatic carbocycles. The molecule has 7 nitrogen and oxygen atoms in total. The highest BCUT2D eigenvalue weighted by Crippen LogP contribution is 2.31. The van der Waals surface area contributed by atoms with E-state index < -0.39 is 10.1 Å².